The van der Waals surface area contributed by atoms with Gasteiger partial charge in [-0.3, -0.25) is 4.79 Å². The molecule has 0 atom stereocenters. The predicted octanol–water partition coefficient (Wildman–Crippen LogP) is 3.95. The first-order valence-electron chi connectivity index (χ1n) is 8.78. The van der Waals surface area contributed by atoms with Gasteiger partial charge in [-0.2, -0.15) is 0 Å². The second-order valence-electron chi connectivity index (χ2n) is 5.87. The van der Waals surface area contributed by atoms with E-state index in [9.17, 15) is 4.79 Å². The topological polar surface area (TPSA) is 60.5 Å². The summed E-state index contributed by atoms with van der Waals surface area (Å²) >= 11 is 1.60. The number of thiazole rings is 1. The molecule has 0 fully saturated rings. The standard InChI is InChI=1S/C21H22N2O3S/c1-25-17-9-7-16(8-10-17)19-15-27-21(23-19)11-13-22-20(24)12-14-26-18-5-3-2-4-6-18/h2-10,15H,11-14H2,1H3,(H,22,24). The lowest BCUT2D eigenvalue weighted by atomic mass is 10.2. The third-order valence-electron chi connectivity index (χ3n) is 3.94. The largest absolute Gasteiger partial charge is 0.497 e. The molecule has 1 aromatic heterocycles. The van der Waals surface area contributed by atoms with Crippen LogP contribution >= 0.6 is 11.3 Å². The Balaban J connectivity index is 1.38. The Morgan fingerprint density at radius 1 is 1.07 bits per heavy atom. The second-order valence-corrected chi connectivity index (χ2v) is 6.81. The van der Waals surface area contributed by atoms with Gasteiger partial charge in [0.1, 0.15) is 11.5 Å². The minimum Gasteiger partial charge on any atom is -0.497 e. The Morgan fingerprint density at radius 3 is 2.59 bits per heavy atom. The highest BCUT2D eigenvalue weighted by atomic mass is 32.1. The van der Waals surface area contributed by atoms with Gasteiger partial charge in [-0.15, -0.1) is 11.3 Å². The van der Waals surface area contributed by atoms with Gasteiger partial charge in [0.15, 0.2) is 0 Å². The van der Waals surface area contributed by atoms with Crippen LogP contribution in [-0.2, 0) is 11.2 Å². The zero-order valence-corrected chi connectivity index (χ0v) is 16.0. The lowest BCUT2D eigenvalue weighted by Crippen LogP contribution is -2.27. The first-order chi connectivity index (χ1) is 13.2. The highest BCUT2D eigenvalue weighted by Gasteiger charge is 2.06. The summed E-state index contributed by atoms with van der Waals surface area (Å²) in [7, 11) is 1.65. The normalized spacial score (nSPS) is 10.4. The van der Waals surface area contributed by atoms with Crippen LogP contribution in [0.25, 0.3) is 11.3 Å². The van der Waals surface area contributed by atoms with Crippen LogP contribution in [-0.4, -0.2) is 31.2 Å². The van der Waals surface area contributed by atoms with Crippen molar-refractivity contribution in [2.75, 3.05) is 20.3 Å². The van der Waals surface area contributed by atoms with Gasteiger partial charge in [0.25, 0.3) is 0 Å². The van der Waals surface area contributed by atoms with Crippen molar-refractivity contribution in [3.8, 4) is 22.8 Å². The van der Waals surface area contributed by atoms with Gasteiger partial charge in [-0.25, -0.2) is 4.98 Å². The maximum absolute atomic E-state index is 11.9. The van der Waals surface area contributed by atoms with E-state index in [0.717, 1.165) is 27.8 Å². The summed E-state index contributed by atoms with van der Waals surface area (Å²) in [5, 5.41) is 5.95. The number of hydrogen-bond acceptors (Lipinski definition) is 5. The fourth-order valence-electron chi connectivity index (χ4n) is 2.50. The number of benzene rings is 2. The lowest BCUT2D eigenvalue weighted by Gasteiger charge is -2.06. The third kappa shape index (κ3) is 5.82. The summed E-state index contributed by atoms with van der Waals surface area (Å²) in [6.45, 7) is 0.939. The molecule has 0 saturated heterocycles. The van der Waals surface area contributed by atoms with Gasteiger partial charge in [0.2, 0.25) is 5.91 Å². The molecule has 0 aliphatic carbocycles. The summed E-state index contributed by atoms with van der Waals surface area (Å²) in [5.41, 5.74) is 2.00. The SMILES string of the molecule is COc1ccc(-c2csc(CCNC(=O)CCOc3ccccc3)n2)cc1. The lowest BCUT2D eigenvalue weighted by molar-refractivity contribution is -0.121. The Kier molecular flexibility index (Phi) is 6.82. The zero-order valence-electron chi connectivity index (χ0n) is 15.2. The molecular weight excluding hydrogens is 360 g/mol. The molecule has 3 aromatic rings. The van der Waals surface area contributed by atoms with E-state index >= 15 is 0 Å². The molecule has 27 heavy (non-hydrogen) atoms. The van der Waals surface area contributed by atoms with Gasteiger partial charge in [-0.05, 0) is 36.4 Å². The van der Waals surface area contributed by atoms with E-state index in [-0.39, 0.29) is 5.91 Å². The minimum absolute atomic E-state index is 0.0159. The molecule has 3 rings (SSSR count). The summed E-state index contributed by atoms with van der Waals surface area (Å²) in [6.07, 6.45) is 1.05. The molecule has 0 unspecified atom stereocenters. The molecule has 140 valence electrons. The number of carbonyl (C=O) groups is 1. The smallest absolute Gasteiger partial charge is 0.223 e. The number of amides is 1. The number of methoxy groups -OCH3 is 1. The number of carbonyl (C=O) groups excluding carboxylic acids is 1. The van der Waals surface area contributed by atoms with Crippen molar-refractivity contribution >= 4 is 17.2 Å². The minimum atomic E-state index is -0.0159. The highest BCUT2D eigenvalue weighted by molar-refractivity contribution is 7.09. The van der Waals surface area contributed by atoms with Crippen LogP contribution in [0.1, 0.15) is 11.4 Å². The Bertz CT molecular complexity index is 847. The molecule has 2 aromatic carbocycles. The molecule has 1 amide bonds. The molecule has 0 saturated carbocycles. The molecule has 1 heterocycles. The second kappa shape index (κ2) is 9.73. The van der Waals surface area contributed by atoms with E-state index in [1.165, 1.54) is 0 Å². The summed E-state index contributed by atoms with van der Waals surface area (Å²) < 4.78 is 10.7. The van der Waals surface area contributed by atoms with E-state index in [4.69, 9.17) is 9.47 Å². The van der Waals surface area contributed by atoms with Crippen molar-refractivity contribution in [1.82, 2.24) is 10.3 Å². The van der Waals surface area contributed by atoms with E-state index in [1.807, 2.05) is 60.0 Å². The molecular formula is C21H22N2O3S. The van der Waals surface area contributed by atoms with Gasteiger partial charge in [0.05, 0.1) is 30.8 Å². The fraction of sp³-hybridized carbons (Fsp3) is 0.238. The molecule has 0 aliphatic heterocycles. The third-order valence-corrected chi connectivity index (χ3v) is 4.85. The van der Waals surface area contributed by atoms with Crippen LogP contribution in [0.5, 0.6) is 11.5 Å². The van der Waals surface area contributed by atoms with Crippen LogP contribution in [0, 0.1) is 0 Å². The van der Waals surface area contributed by atoms with Crippen molar-refractivity contribution in [1.29, 1.82) is 0 Å². The molecule has 0 bridgehead atoms. The molecule has 0 spiro atoms. The van der Waals surface area contributed by atoms with Gasteiger partial charge >= 0.3 is 0 Å². The first kappa shape index (κ1) is 18.9. The number of ether oxygens (including phenoxy) is 2. The van der Waals surface area contributed by atoms with Crippen LogP contribution in [0.15, 0.2) is 60.0 Å². The molecule has 0 aliphatic rings. The Labute approximate surface area is 163 Å². The van der Waals surface area contributed by atoms with E-state index in [1.54, 1.807) is 18.4 Å². The van der Waals surface area contributed by atoms with Crippen molar-refractivity contribution in [2.45, 2.75) is 12.8 Å². The average molecular weight is 382 g/mol. The van der Waals surface area contributed by atoms with E-state index in [2.05, 4.69) is 10.3 Å². The van der Waals surface area contributed by atoms with Crippen molar-refractivity contribution in [3.63, 3.8) is 0 Å². The van der Waals surface area contributed by atoms with Gasteiger partial charge in [-0.1, -0.05) is 18.2 Å². The van der Waals surface area contributed by atoms with Crippen molar-refractivity contribution in [2.24, 2.45) is 0 Å². The first-order valence-corrected chi connectivity index (χ1v) is 9.66. The van der Waals surface area contributed by atoms with Gasteiger partial charge < -0.3 is 14.8 Å². The summed E-state index contributed by atoms with van der Waals surface area (Å²) in [5.74, 6) is 1.59. The predicted molar refractivity (Wildman–Crippen MR) is 107 cm³/mol. The van der Waals surface area contributed by atoms with Crippen LogP contribution < -0.4 is 14.8 Å². The van der Waals surface area contributed by atoms with Crippen LogP contribution in [0.3, 0.4) is 0 Å². The number of rotatable bonds is 9. The monoisotopic (exact) mass is 382 g/mol. The van der Waals surface area contributed by atoms with E-state index in [0.29, 0.717) is 26.0 Å². The summed E-state index contributed by atoms with van der Waals surface area (Å²) in [4.78, 5) is 16.5. The molecule has 1 N–H and O–H groups in total. The Hall–Kier alpha value is -2.86. The number of nitrogens with one attached hydrogen (secondary N) is 1. The Morgan fingerprint density at radius 2 is 1.85 bits per heavy atom. The molecule has 6 heteroatoms. The molecule has 0 radical (unpaired) electrons. The van der Waals surface area contributed by atoms with Crippen LogP contribution in [0.2, 0.25) is 0 Å². The quantitative estimate of drug-likeness (QED) is 0.609. The maximum atomic E-state index is 11.9. The van der Waals surface area contributed by atoms with Crippen molar-refractivity contribution in [3.05, 3.63) is 65.0 Å². The summed E-state index contributed by atoms with van der Waals surface area (Å²) in [6, 6.07) is 17.3. The molecule has 5 nitrogen and oxygen atoms in total. The average Bonchev–Trinajstić information content (AvgIpc) is 3.18. The number of para-hydroxylation sites is 1. The fourth-order valence-corrected chi connectivity index (χ4v) is 3.30. The maximum Gasteiger partial charge on any atom is 0.223 e. The number of nitrogens with zero attached hydrogens (tertiary/aromatic N) is 1. The van der Waals surface area contributed by atoms with Crippen LogP contribution in [0.4, 0.5) is 0 Å². The van der Waals surface area contributed by atoms with Crippen molar-refractivity contribution < 1.29 is 14.3 Å². The van der Waals surface area contributed by atoms with Gasteiger partial charge in [0, 0.05) is 23.9 Å². The number of aromatic nitrogens is 1. The van der Waals surface area contributed by atoms with E-state index < -0.39 is 0 Å². The highest BCUT2D eigenvalue weighted by Crippen LogP contribution is 2.24. The zero-order chi connectivity index (χ0) is 18.9. The number of hydrogen-bond donors (Lipinski definition) is 1.